The lowest BCUT2D eigenvalue weighted by Gasteiger charge is -2.13. The fourth-order valence-corrected chi connectivity index (χ4v) is 3.23. The molecule has 0 spiro atoms. The zero-order valence-corrected chi connectivity index (χ0v) is 13.6. The SMILES string of the molecule is Nc1ncc(-c2ccccc2)nc1C(=O)NC1Cc2ccccc2C1. The van der Waals surface area contributed by atoms with Crippen molar-refractivity contribution in [2.24, 2.45) is 0 Å². The highest BCUT2D eigenvalue weighted by atomic mass is 16.2. The van der Waals surface area contributed by atoms with E-state index in [0.29, 0.717) is 5.69 Å². The van der Waals surface area contributed by atoms with Gasteiger partial charge in [0.15, 0.2) is 11.5 Å². The maximum absolute atomic E-state index is 12.7. The van der Waals surface area contributed by atoms with Crippen LogP contribution >= 0.6 is 0 Å². The van der Waals surface area contributed by atoms with E-state index in [2.05, 4.69) is 27.4 Å². The van der Waals surface area contributed by atoms with E-state index in [9.17, 15) is 4.79 Å². The first-order valence-electron chi connectivity index (χ1n) is 8.26. The number of nitrogen functional groups attached to an aromatic ring is 1. The summed E-state index contributed by atoms with van der Waals surface area (Å²) in [5.74, 6) is -0.131. The number of carbonyl (C=O) groups excluding carboxylic acids is 1. The zero-order chi connectivity index (χ0) is 17.2. The Morgan fingerprint density at radius 3 is 2.32 bits per heavy atom. The minimum atomic E-state index is -0.277. The molecule has 5 heteroatoms. The van der Waals surface area contributed by atoms with Crippen LogP contribution in [0.5, 0.6) is 0 Å². The minimum absolute atomic E-state index is 0.0616. The van der Waals surface area contributed by atoms with Crippen molar-refractivity contribution in [2.75, 3.05) is 5.73 Å². The predicted molar refractivity (Wildman–Crippen MR) is 97.0 cm³/mol. The van der Waals surface area contributed by atoms with Gasteiger partial charge in [-0.25, -0.2) is 9.97 Å². The summed E-state index contributed by atoms with van der Waals surface area (Å²) >= 11 is 0. The molecule has 0 aliphatic heterocycles. The van der Waals surface area contributed by atoms with Crippen LogP contribution in [-0.4, -0.2) is 21.9 Å². The summed E-state index contributed by atoms with van der Waals surface area (Å²) in [6.07, 6.45) is 3.24. The fourth-order valence-electron chi connectivity index (χ4n) is 3.23. The van der Waals surface area contributed by atoms with E-state index >= 15 is 0 Å². The van der Waals surface area contributed by atoms with E-state index in [1.54, 1.807) is 6.20 Å². The van der Waals surface area contributed by atoms with E-state index in [0.717, 1.165) is 18.4 Å². The summed E-state index contributed by atoms with van der Waals surface area (Å²) in [7, 11) is 0. The molecule has 1 aliphatic rings. The predicted octanol–water partition coefficient (Wildman–Crippen LogP) is 2.62. The lowest BCUT2D eigenvalue weighted by atomic mass is 10.1. The Kier molecular flexibility index (Phi) is 3.90. The van der Waals surface area contributed by atoms with Crippen LogP contribution in [0.25, 0.3) is 11.3 Å². The van der Waals surface area contributed by atoms with E-state index in [1.807, 2.05) is 42.5 Å². The summed E-state index contributed by atoms with van der Waals surface area (Å²) < 4.78 is 0. The van der Waals surface area contributed by atoms with Crippen molar-refractivity contribution >= 4 is 11.7 Å². The molecule has 1 aromatic heterocycles. The summed E-state index contributed by atoms with van der Waals surface area (Å²) in [5.41, 5.74) is 10.2. The Balaban J connectivity index is 1.55. The highest BCUT2D eigenvalue weighted by Crippen LogP contribution is 2.22. The molecule has 1 amide bonds. The van der Waals surface area contributed by atoms with Gasteiger partial charge in [0.1, 0.15) is 0 Å². The smallest absolute Gasteiger partial charge is 0.273 e. The number of anilines is 1. The van der Waals surface area contributed by atoms with Gasteiger partial charge in [-0.15, -0.1) is 0 Å². The maximum Gasteiger partial charge on any atom is 0.273 e. The molecule has 4 rings (SSSR count). The molecular formula is C20H18N4O. The first-order chi connectivity index (χ1) is 12.2. The molecule has 0 radical (unpaired) electrons. The third-order valence-electron chi connectivity index (χ3n) is 4.47. The highest BCUT2D eigenvalue weighted by Gasteiger charge is 2.24. The summed E-state index contributed by atoms with van der Waals surface area (Å²) in [6.45, 7) is 0. The number of hydrogen-bond donors (Lipinski definition) is 2. The van der Waals surface area contributed by atoms with Crippen LogP contribution in [-0.2, 0) is 12.8 Å². The summed E-state index contributed by atoms with van der Waals surface area (Å²) in [5, 5.41) is 3.04. The number of nitrogens with two attached hydrogens (primary N) is 1. The van der Waals surface area contributed by atoms with Gasteiger partial charge >= 0.3 is 0 Å². The van der Waals surface area contributed by atoms with Crippen molar-refractivity contribution in [3.63, 3.8) is 0 Å². The van der Waals surface area contributed by atoms with Crippen LogP contribution in [0.2, 0.25) is 0 Å². The monoisotopic (exact) mass is 330 g/mol. The molecule has 0 saturated carbocycles. The van der Waals surface area contributed by atoms with E-state index in [4.69, 9.17) is 5.73 Å². The molecule has 2 aromatic carbocycles. The van der Waals surface area contributed by atoms with Gasteiger partial charge in [-0.1, -0.05) is 54.6 Å². The van der Waals surface area contributed by atoms with E-state index < -0.39 is 0 Å². The van der Waals surface area contributed by atoms with Crippen LogP contribution in [0.4, 0.5) is 5.82 Å². The van der Waals surface area contributed by atoms with Crippen molar-refractivity contribution < 1.29 is 4.79 Å². The van der Waals surface area contributed by atoms with Crippen LogP contribution in [0, 0.1) is 0 Å². The normalized spacial score (nSPS) is 13.4. The molecule has 1 heterocycles. The lowest BCUT2D eigenvalue weighted by molar-refractivity contribution is 0.0934. The number of nitrogens with zero attached hydrogens (tertiary/aromatic N) is 2. The Labute approximate surface area is 145 Å². The molecule has 3 aromatic rings. The molecule has 0 fully saturated rings. The van der Waals surface area contributed by atoms with Gasteiger partial charge in [0.2, 0.25) is 0 Å². The molecule has 124 valence electrons. The second-order valence-corrected chi connectivity index (χ2v) is 6.20. The fraction of sp³-hybridized carbons (Fsp3) is 0.150. The van der Waals surface area contributed by atoms with Gasteiger partial charge in [-0.3, -0.25) is 4.79 Å². The van der Waals surface area contributed by atoms with Crippen LogP contribution in [0.3, 0.4) is 0 Å². The Morgan fingerprint density at radius 2 is 1.64 bits per heavy atom. The second-order valence-electron chi connectivity index (χ2n) is 6.20. The van der Waals surface area contributed by atoms with E-state index in [1.165, 1.54) is 11.1 Å². The van der Waals surface area contributed by atoms with Gasteiger partial charge in [-0.2, -0.15) is 0 Å². The lowest BCUT2D eigenvalue weighted by Crippen LogP contribution is -2.36. The Bertz CT molecular complexity index is 899. The summed E-state index contributed by atoms with van der Waals surface area (Å²) in [6, 6.07) is 17.9. The Hall–Kier alpha value is -3.21. The zero-order valence-electron chi connectivity index (χ0n) is 13.6. The maximum atomic E-state index is 12.7. The quantitative estimate of drug-likeness (QED) is 0.773. The van der Waals surface area contributed by atoms with Gasteiger partial charge in [-0.05, 0) is 24.0 Å². The highest BCUT2D eigenvalue weighted by molar-refractivity contribution is 5.97. The van der Waals surface area contributed by atoms with Crippen molar-refractivity contribution in [2.45, 2.75) is 18.9 Å². The molecule has 25 heavy (non-hydrogen) atoms. The summed E-state index contributed by atoms with van der Waals surface area (Å²) in [4.78, 5) is 21.2. The standard InChI is InChI=1S/C20H18N4O/c21-19-18(24-17(12-22-19)13-6-2-1-3-7-13)20(25)23-16-10-14-8-4-5-9-15(14)11-16/h1-9,12,16H,10-11H2,(H2,21,22)(H,23,25). The molecule has 3 N–H and O–H groups in total. The molecule has 5 nitrogen and oxygen atoms in total. The molecule has 0 bridgehead atoms. The van der Waals surface area contributed by atoms with Crippen molar-refractivity contribution in [1.29, 1.82) is 0 Å². The van der Waals surface area contributed by atoms with Gasteiger partial charge in [0.25, 0.3) is 5.91 Å². The van der Waals surface area contributed by atoms with Crippen molar-refractivity contribution in [3.05, 3.63) is 77.6 Å². The van der Waals surface area contributed by atoms with Crippen molar-refractivity contribution in [3.8, 4) is 11.3 Å². The number of rotatable bonds is 3. The molecule has 0 saturated heterocycles. The third-order valence-corrected chi connectivity index (χ3v) is 4.47. The first kappa shape index (κ1) is 15.3. The third kappa shape index (κ3) is 3.08. The van der Waals surface area contributed by atoms with Crippen LogP contribution in [0.1, 0.15) is 21.6 Å². The molecular weight excluding hydrogens is 312 g/mol. The second kappa shape index (κ2) is 6.36. The number of hydrogen-bond acceptors (Lipinski definition) is 4. The number of fused-ring (bicyclic) bond motifs is 1. The average molecular weight is 330 g/mol. The molecule has 1 aliphatic carbocycles. The topological polar surface area (TPSA) is 80.9 Å². The van der Waals surface area contributed by atoms with Crippen LogP contribution < -0.4 is 11.1 Å². The average Bonchev–Trinajstić information content (AvgIpc) is 3.05. The number of nitrogens with one attached hydrogen (secondary N) is 1. The van der Waals surface area contributed by atoms with E-state index in [-0.39, 0.29) is 23.5 Å². The van der Waals surface area contributed by atoms with Crippen molar-refractivity contribution in [1.82, 2.24) is 15.3 Å². The van der Waals surface area contributed by atoms with Gasteiger partial charge < -0.3 is 11.1 Å². The van der Waals surface area contributed by atoms with Gasteiger partial charge in [0.05, 0.1) is 11.9 Å². The number of carbonyl (C=O) groups is 1. The molecule has 0 atom stereocenters. The van der Waals surface area contributed by atoms with Gasteiger partial charge in [0, 0.05) is 11.6 Å². The minimum Gasteiger partial charge on any atom is -0.382 e. The molecule has 0 unspecified atom stereocenters. The van der Waals surface area contributed by atoms with Crippen LogP contribution in [0.15, 0.2) is 60.8 Å². The largest absolute Gasteiger partial charge is 0.382 e. The number of benzene rings is 2. The number of aromatic nitrogens is 2. The Morgan fingerprint density at radius 1 is 1.00 bits per heavy atom. The number of amides is 1. The first-order valence-corrected chi connectivity index (χ1v) is 8.26.